The molecule has 0 atom stereocenters. The zero-order valence-corrected chi connectivity index (χ0v) is 36.3. The minimum absolute atomic E-state index is 0.191. The molecule has 9 heteroatoms. The van der Waals surface area contributed by atoms with Crippen molar-refractivity contribution in [3.8, 4) is 46.3 Å². The number of nitrogen functional groups attached to an aromatic ring is 1. The summed E-state index contributed by atoms with van der Waals surface area (Å²) in [5.74, 6) is 13.9. The average Bonchev–Trinajstić information content (AvgIpc) is 4.14. The number of hydrogen-bond acceptors (Lipinski definition) is 6. The van der Waals surface area contributed by atoms with Gasteiger partial charge >= 0.3 is 5.97 Å². The maximum atomic E-state index is 11.7. The van der Waals surface area contributed by atoms with Crippen LogP contribution in [0.2, 0.25) is 0 Å². The topological polar surface area (TPSA) is 139 Å². The van der Waals surface area contributed by atoms with Gasteiger partial charge in [-0.1, -0.05) is 82.1 Å². The molecule has 0 amide bonds. The van der Waals surface area contributed by atoms with Crippen LogP contribution < -0.4 is 15.2 Å². The quantitative estimate of drug-likeness (QED) is 0.0485. The summed E-state index contributed by atoms with van der Waals surface area (Å²) in [6, 6.07) is 30.3. The van der Waals surface area contributed by atoms with Crippen LogP contribution in [0.5, 0.6) is 11.5 Å². The van der Waals surface area contributed by atoms with Crippen molar-refractivity contribution >= 4 is 58.0 Å². The number of hydrogen-bond donors (Lipinski definition) is 4. The lowest BCUT2D eigenvalue weighted by Crippen LogP contribution is -2.03. The maximum Gasteiger partial charge on any atom is 0.335 e. The van der Waals surface area contributed by atoms with E-state index in [2.05, 4.69) is 59.6 Å². The van der Waals surface area contributed by atoms with Crippen LogP contribution in [-0.4, -0.2) is 44.2 Å². The number of nitrogens with one attached hydrogen (secondary N) is 2. The van der Waals surface area contributed by atoms with E-state index in [1.807, 2.05) is 85.0 Å². The summed E-state index contributed by atoms with van der Waals surface area (Å²) in [5, 5.41) is 9.56. The van der Waals surface area contributed by atoms with Crippen molar-refractivity contribution in [2.75, 3.05) is 18.9 Å². The highest BCUT2D eigenvalue weighted by molar-refractivity contribution is 5.96. The van der Waals surface area contributed by atoms with Crippen LogP contribution in [0.3, 0.4) is 0 Å². The van der Waals surface area contributed by atoms with Crippen molar-refractivity contribution in [2.24, 2.45) is 0 Å². The second-order valence-electron chi connectivity index (χ2n) is 15.8. The van der Waals surface area contributed by atoms with E-state index < -0.39 is 5.97 Å². The third-order valence-electron chi connectivity index (χ3n) is 11.0. The summed E-state index contributed by atoms with van der Waals surface area (Å²) < 4.78 is 13.3. The number of aromatic amines is 2. The molecule has 6 aromatic rings. The number of H-pyrrole nitrogens is 2. The minimum Gasteiger partial charge on any atom is -0.493 e. The molecule has 5 heterocycles. The summed E-state index contributed by atoms with van der Waals surface area (Å²) in [6.45, 7) is 5.55. The molecule has 0 radical (unpaired) electrons. The molecule has 0 fully saturated rings. The molecule has 5 N–H and O–H groups in total. The van der Waals surface area contributed by atoms with Crippen LogP contribution in [0.1, 0.15) is 121 Å². The van der Waals surface area contributed by atoms with Gasteiger partial charge in [0.2, 0.25) is 0 Å². The number of aromatic nitrogens is 4. The average molecular weight is 846 g/mol. The molecule has 9 nitrogen and oxygen atoms in total. The first-order valence-corrected chi connectivity index (χ1v) is 22.1. The zero-order valence-electron chi connectivity index (χ0n) is 36.3. The first-order valence-electron chi connectivity index (χ1n) is 22.1. The lowest BCUT2D eigenvalue weighted by atomic mass is 10.0. The molecule has 64 heavy (non-hydrogen) atoms. The van der Waals surface area contributed by atoms with Gasteiger partial charge in [0.15, 0.2) is 0 Å². The molecule has 0 spiro atoms. The smallest absolute Gasteiger partial charge is 0.335 e. The summed E-state index contributed by atoms with van der Waals surface area (Å²) in [7, 11) is 0. The fraction of sp³-hybridized carbons (Fsp3) is 0.218. The number of nitrogens with zero attached hydrogens (tertiary/aromatic N) is 2. The van der Waals surface area contributed by atoms with Crippen LogP contribution in [0.25, 0.3) is 57.5 Å². The molecular formula is C55H51N5O4. The number of ether oxygens (including phenoxy) is 2. The molecule has 320 valence electrons. The lowest BCUT2D eigenvalue weighted by molar-refractivity contribution is 0.0697. The number of fused-ring (bicyclic) bond motifs is 8. The molecule has 0 saturated heterocycles. The third kappa shape index (κ3) is 10.5. The van der Waals surface area contributed by atoms with Gasteiger partial charge in [-0.15, -0.1) is 0 Å². The number of nitrogens with two attached hydrogens (primary N) is 1. The van der Waals surface area contributed by atoms with Gasteiger partial charge in [-0.2, -0.15) is 0 Å². The summed E-state index contributed by atoms with van der Waals surface area (Å²) in [5.41, 5.74) is 17.4. The number of unbranched alkanes of at least 4 members (excludes halogenated alkanes) is 6. The fourth-order valence-electron chi connectivity index (χ4n) is 7.60. The molecule has 3 aromatic heterocycles. The molecule has 8 rings (SSSR count). The standard InChI is InChI=1S/C55H51N5O4/c1-3-5-7-9-32-63-51-12-11-13-52(64-33-10-8-6-4-2)53(51)47-36-44-35-43-25-30-49(58-43)45(27-18-38-16-22-40(56)23-17-38)48-29-24-41(57-48)34-42-26-31-50(59-42)46(54(47)60-44)28-19-37-14-20-39(21-15-37)55(61)62/h11-17,20-26,29-31,34-36,58,60H,3-10,32-33,56H2,1-2H3,(H,61,62). The predicted octanol–water partition coefficient (Wildman–Crippen LogP) is 12.3. The lowest BCUT2D eigenvalue weighted by Gasteiger charge is -2.16. The first-order chi connectivity index (χ1) is 31.3. The number of rotatable bonds is 14. The molecule has 8 bridgehead atoms. The minimum atomic E-state index is -0.994. The van der Waals surface area contributed by atoms with Crippen molar-refractivity contribution in [3.63, 3.8) is 0 Å². The summed E-state index contributed by atoms with van der Waals surface area (Å²) >= 11 is 0. The van der Waals surface area contributed by atoms with Crippen molar-refractivity contribution < 1.29 is 19.4 Å². The summed E-state index contributed by atoms with van der Waals surface area (Å²) in [4.78, 5) is 29.1. The van der Waals surface area contributed by atoms with Crippen LogP contribution >= 0.6 is 0 Å². The molecule has 3 aromatic carbocycles. The van der Waals surface area contributed by atoms with E-state index >= 15 is 0 Å². The molecule has 2 aliphatic heterocycles. The van der Waals surface area contributed by atoms with Crippen molar-refractivity contribution in [1.82, 2.24) is 19.9 Å². The van der Waals surface area contributed by atoms with E-state index in [0.29, 0.717) is 41.4 Å². The van der Waals surface area contributed by atoms with Gasteiger partial charge in [0.1, 0.15) is 11.5 Å². The Morgan fingerprint density at radius 2 is 1.22 bits per heavy atom. The number of carboxylic acid groups (broad SMARTS) is 1. The number of benzene rings is 3. The van der Waals surface area contributed by atoms with Crippen LogP contribution in [0, 0.1) is 23.7 Å². The SMILES string of the molecule is CCCCCCOc1cccc(OCCCCCC)c1-c1cc2cc3ccc([nH]3)c(C#Cc3ccc(N)cc3)c3nc(cc4nc(c(C#Cc5ccc(C(=O)O)cc5)c1[nH]2)C=C4)C=C3. The first kappa shape index (κ1) is 42.9. The Balaban J connectivity index is 1.39. The Morgan fingerprint density at radius 3 is 1.83 bits per heavy atom. The molecule has 0 saturated carbocycles. The van der Waals surface area contributed by atoms with E-state index in [9.17, 15) is 9.90 Å². The molecule has 0 aliphatic carbocycles. The van der Waals surface area contributed by atoms with E-state index in [1.165, 1.54) is 0 Å². The number of aromatic carboxylic acids is 1. The fourth-order valence-corrected chi connectivity index (χ4v) is 7.60. The van der Waals surface area contributed by atoms with E-state index in [-0.39, 0.29) is 5.56 Å². The van der Waals surface area contributed by atoms with Gasteiger partial charge in [-0.25, -0.2) is 14.8 Å². The van der Waals surface area contributed by atoms with Crippen molar-refractivity contribution in [2.45, 2.75) is 65.2 Å². The predicted molar refractivity (Wildman–Crippen MR) is 260 cm³/mol. The largest absolute Gasteiger partial charge is 0.493 e. The Kier molecular flexibility index (Phi) is 13.7. The van der Waals surface area contributed by atoms with Gasteiger partial charge in [0, 0.05) is 33.4 Å². The number of carboxylic acids is 1. The van der Waals surface area contributed by atoms with E-state index in [1.54, 1.807) is 24.3 Å². The molecule has 0 unspecified atom stereocenters. The third-order valence-corrected chi connectivity index (χ3v) is 11.0. The van der Waals surface area contributed by atoms with Crippen LogP contribution in [-0.2, 0) is 0 Å². The van der Waals surface area contributed by atoms with Crippen molar-refractivity contribution in [1.29, 1.82) is 0 Å². The Bertz CT molecular complexity index is 2990. The Hall–Kier alpha value is -7.75. The van der Waals surface area contributed by atoms with Crippen LogP contribution in [0.15, 0.2) is 97.1 Å². The van der Waals surface area contributed by atoms with E-state index in [0.717, 1.165) is 119 Å². The Morgan fingerprint density at radius 1 is 0.625 bits per heavy atom. The second-order valence-corrected chi connectivity index (χ2v) is 15.8. The highest BCUT2D eigenvalue weighted by Crippen LogP contribution is 2.43. The molecular weight excluding hydrogens is 795 g/mol. The zero-order chi connectivity index (χ0) is 44.3. The van der Waals surface area contributed by atoms with Gasteiger partial charge in [0.25, 0.3) is 0 Å². The highest BCUT2D eigenvalue weighted by Gasteiger charge is 2.20. The van der Waals surface area contributed by atoms with Gasteiger partial charge in [-0.05, 0) is 128 Å². The Labute approximate surface area is 374 Å². The summed E-state index contributed by atoms with van der Waals surface area (Å²) in [6.07, 6.45) is 16.5. The second kappa shape index (κ2) is 20.4. The highest BCUT2D eigenvalue weighted by atomic mass is 16.5. The molecule has 2 aliphatic rings. The van der Waals surface area contributed by atoms with Crippen molar-refractivity contribution in [3.05, 3.63) is 148 Å². The maximum absolute atomic E-state index is 11.7. The normalized spacial score (nSPS) is 11.4. The van der Waals surface area contributed by atoms with Gasteiger partial charge in [0.05, 0.1) is 69.3 Å². The number of anilines is 1. The van der Waals surface area contributed by atoms with Gasteiger partial charge in [-0.3, -0.25) is 0 Å². The van der Waals surface area contributed by atoms with E-state index in [4.69, 9.17) is 25.2 Å². The van der Waals surface area contributed by atoms with Gasteiger partial charge < -0.3 is 30.3 Å². The monoisotopic (exact) mass is 845 g/mol. The number of carbonyl (C=O) groups is 1. The van der Waals surface area contributed by atoms with Crippen LogP contribution in [0.4, 0.5) is 5.69 Å².